The van der Waals surface area contributed by atoms with Crippen molar-refractivity contribution in [3.05, 3.63) is 0 Å². The van der Waals surface area contributed by atoms with Gasteiger partial charge in [0.1, 0.15) is 6.29 Å². The molecule has 6 heavy (non-hydrogen) atoms. The summed E-state index contributed by atoms with van der Waals surface area (Å²) in [6.07, 6.45) is 1.83. The molecule has 0 amide bonds. The van der Waals surface area contributed by atoms with Gasteiger partial charge in [0.15, 0.2) is 0 Å². The average molecular weight is 85.1 g/mol. The van der Waals surface area contributed by atoms with Crippen molar-refractivity contribution in [3.8, 4) is 0 Å². The van der Waals surface area contributed by atoms with E-state index in [9.17, 15) is 4.79 Å². The minimum Gasteiger partial charge on any atom is -0.327 e. The molecule has 34 valence electrons. The first kappa shape index (κ1) is 3.81. The molecule has 2 nitrogen and oxygen atoms in total. The van der Waals surface area contributed by atoms with E-state index in [1.165, 1.54) is 0 Å². The lowest BCUT2D eigenvalue weighted by Gasteiger charge is -1.69. The van der Waals surface area contributed by atoms with Crippen molar-refractivity contribution in [2.75, 3.05) is 0 Å². The number of hydrogen-bond donors (Lipinski definition) is 1. The minimum atomic E-state index is 0.197. The summed E-state index contributed by atoms with van der Waals surface area (Å²) in [5.41, 5.74) is 5.25. The van der Waals surface area contributed by atoms with Crippen LogP contribution in [-0.2, 0) is 4.79 Å². The van der Waals surface area contributed by atoms with Crippen LogP contribution in [0.1, 0.15) is 6.42 Å². The van der Waals surface area contributed by atoms with Gasteiger partial charge in [-0.05, 0) is 6.42 Å². The van der Waals surface area contributed by atoms with E-state index in [2.05, 4.69) is 0 Å². The molecule has 1 aliphatic carbocycles. The maximum Gasteiger partial charge on any atom is 0.124 e. The van der Waals surface area contributed by atoms with E-state index in [0.717, 1.165) is 12.7 Å². The number of nitrogens with two attached hydrogens (primary N) is 1. The molecule has 0 aromatic carbocycles. The van der Waals surface area contributed by atoms with E-state index in [0.29, 0.717) is 0 Å². The quantitative estimate of drug-likeness (QED) is 0.437. The molecule has 1 rings (SSSR count). The van der Waals surface area contributed by atoms with E-state index in [-0.39, 0.29) is 12.0 Å². The molecule has 0 spiro atoms. The standard InChI is InChI=1S/C4H7NO/c5-4-1-3(4)2-6/h2-4H,1,5H2/t3-,4+/m0/s1. The summed E-state index contributed by atoms with van der Waals surface area (Å²) in [6, 6.07) is 0.197. The van der Waals surface area contributed by atoms with Gasteiger partial charge in [0.25, 0.3) is 0 Å². The molecule has 0 aliphatic heterocycles. The number of hydrogen-bond acceptors (Lipinski definition) is 2. The van der Waals surface area contributed by atoms with Crippen molar-refractivity contribution in [1.82, 2.24) is 0 Å². The molecular weight excluding hydrogens is 78.0 g/mol. The third-order valence-corrected chi connectivity index (χ3v) is 1.07. The number of carbonyl (C=O) groups is 1. The van der Waals surface area contributed by atoms with Crippen molar-refractivity contribution in [2.24, 2.45) is 11.7 Å². The number of rotatable bonds is 1. The first-order valence-corrected chi connectivity index (χ1v) is 2.05. The molecule has 2 N–H and O–H groups in total. The molecule has 2 atom stereocenters. The first-order chi connectivity index (χ1) is 2.84. The zero-order chi connectivity index (χ0) is 4.57. The van der Waals surface area contributed by atoms with Gasteiger partial charge in [-0.1, -0.05) is 0 Å². The fourth-order valence-electron chi connectivity index (χ4n) is 0.392. The summed E-state index contributed by atoms with van der Waals surface area (Å²) in [6.45, 7) is 0. The van der Waals surface area contributed by atoms with Gasteiger partial charge in [0.05, 0.1) is 0 Å². The maximum atomic E-state index is 9.70. The van der Waals surface area contributed by atoms with E-state index in [1.807, 2.05) is 0 Å². The highest BCUT2D eigenvalue weighted by molar-refractivity contribution is 5.59. The Bertz CT molecular complexity index is 71.9. The van der Waals surface area contributed by atoms with Gasteiger partial charge in [-0.2, -0.15) is 0 Å². The van der Waals surface area contributed by atoms with Gasteiger partial charge in [-0.15, -0.1) is 0 Å². The lowest BCUT2D eigenvalue weighted by atomic mass is 10.5. The summed E-state index contributed by atoms with van der Waals surface area (Å²) in [5, 5.41) is 0. The van der Waals surface area contributed by atoms with Crippen LogP contribution in [0.4, 0.5) is 0 Å². The third-order valence-electron chi connectivity index (χ3n) is 1.07. The van der Waals surface area contributed by atoms with Crippen LogP contribution in [0.25, 0.3) is 0 Å². The van der Waals surface area contributed by atoms with Crippen LogP contribution in [0.15, 0.2) is 0 Å². The molecule has 1 saturated carbocycles. The van der Waals surface area contributed by atoms with E-state index < -0.39 is 0 Å². The Balaban J connectivity index is 2.25. The largest absolute Gasteiger partial charge is 0.327 e. The second-order valence-electron chi connectivity index (χ2n) is 1.70. The van der Waals surface area contributed by atoms with Crippen molar-refractivity contribution in [2.45, 2.75) is 12.5 Å². The smallest absolute Gasteiger partial charge is 0.124 e. The Morgan fingerprint density at radius 3 is 2.33 bits per heavy atom. The van der Waals surface area contributed by atoms with Crippen LogP contribution in [0.5, 0.6) is 0 Å². The Morgan fingerprint density at radius 1 is 1.83 bits per heavy atom. The molecule has 0 aromatic heterocycles. The Labute approximate surface area is 36.3 Å². The topological polar surface area (TPSA) is 43.1 Å². The zero-order valence-electron chi connectivity index (χ0n) is 3.42. The Kier molecular flexibility index (Phi) is 0.665. The molecule has 0 heterocycles. The minimum absolute atomic E-state index is 0.197. The molecule has 0 bridgehead atoms. The second kappa shape index (κ2) is 1.05. The Morgan fingerprint density at radius 2 is 2.33 bits per heavy atom. The fourth-order valence-corrected chi connectivity index (χ4v) is 0.392. The summed E-state index contributed by atoms with van der Waals surface area (Å²) in [5.74, 6) is 0.199. The molecular formula is C4H7NO. The zero-order valence-corrected chi connectivity index (χ0v) is 3.42. The average Bonchev–Trinajstić information content (AvgIpc) is 2.19. The van der Waals surface area contributed by atoms with Gasteiger partial charge < -0.3 is 10.5 Å². The van der Waals surface area contributed by atoms with Crippen LogP contribution in [-0.4, -0.2) is 12.3 Å². The SMILES string of the molecule is N[C@@H]1C[C@H]1C=O. The highest BCUT2D eigenvalue weighted by Crippen LogP contribution is 2.24. The van der Waals surface area contributed by atoms with E-state index >= 15 is 0 Å². The fraction of sp³-hybridized carbons (Fsp3) is 0.750. The predicted octanol–water partition coefficient (Wildman–Crippen LogP) is -0.468. The molecule has 0 radical (unpaired) electrons. The Hall–Kier alpha value is -0.370. The number of carbonyl (C=O) groups excluding carboxylic acids is 1. The summed E-state index contributed by atoms with van der Waals surface area (Å²) >= 11 is 0. The summed E-state index contributed by atoms with van der Waals surface area (Å²) in [4.78, 5) is 9.70. The second-order valence-corrected chi connectivity index (χ2v) is 1.70. The lowest BCUT2D eigenvalue weighted by molar-refractivity contribution is -0.108. The normalized spacial score (nSPS) is 42.2. The predicted molar refractivity (Wildman–Crippen MR) is 22.1 cm³/mol. The van der Waals surface area contributed by atoms with Crippen molar-refractivity contribution in [1.29, 1.82) is 0 Å². The van der Waals surface area contributed by atoms with Crippen LogP contribution in [0.3, 0.4) is 0 Å². The van der Waals surface area contributed by atoms with Gasteiger partial charge in [-0.3, -0.25) is 0 Å². The molecule has 0 saturated heterocycles. The molecule has 0 aromatic rings. The van der Waals surface area contributed by atoms with E-state index in [1.54, 1.807) is 0 Å². The van der Waals surface area contributed by atoms with Crippen LogP contribution in [0, 0.1) is 5.92 Å². The highest BCUT2D eigenvalue weighted by atomic mass is 16.1. The summed E-state index contributed by atoms with van der Waals surface area (Å²) < 4.78 is 0. The van der Waals surface area contributed by atoms with Gasteiger partial charge in [-0.25, -0.2) is 0 Å². The van der Waals surface area contributed by atoms with Gasteiger partial charge >= 0.3 is 0 Å². The van der Waals surface area contributed by atoms with Gasteiger partial charge in [0, 0.05) is 12.0 Å². The highest BCUT2D eigenvalue weighted by Gasteiger charge is 2.32. The van der Waals surface area contributed by atoms with Crippen molar-refractivity contribution in [3.63, 3.8) is 0 Å². The monoisotopic (exact) mass is 85.1 g/mol. The first-order valence-electron chi connectivity index (χ1n) is 2.05. The van der Waals surface area contributed by atoms with Crippen molar-refractivity contribution >= 4 is 6.29 Å². The molecule has 1 fully saturated rings. The summed E-state index contributed by atoms with van der Waals surface area (Å²) in [7, 11) is 0. The van der Waals surface area contributed by atoms with Crippen LogP contribution in [0.2, 0.25) is 0 Å². The third kappa shape index (κ3) is 0.431. The number of aldehydes is 1. The van der Waals surface area contributed by atoms with Crippen LogP contribution < -0.4 is 5.73 Å². The molecule has 0 unspecified atom stereocenters. The van der Waals surface area contributed by atoms with Gasteiger partial charge in [0.2, 0.25) is 0 Å². The van der Waals surface area contributed by atoms with Crippen molar-refractivity contribution < 1.29 is 4.79 Å². The lowest BCUT2D eigenvalue weighted by Crippen LogP contribution is -2.01. The van der Waals surface area contributed by atoms with Crippen LogP contribution >= 0.6 is 0 Å². The maximum absolute atomic E-state index is 9.70. The molecule has 2 heteroatoms. The molecule has 1 aliphatic rings. The van der Waals surface area contributed by atoms with E-state index in [4.69, 9.17) is 5.73 Å².